The second-order valence-electron chi connectivity index (χ2n) is 4.23. The molecule has 16 heavy (non-hydrogen) atoms. The molecule has 0 saturated carbocycles. The van der Waals surface area contributed by atoms with Gasteiger partial charge in [-0.1, -0.05) is 6.07 Å². The second kappa shape index (κ2) is 5.37. The maximum atomic E-state index is 13.3. The molecule has 1 aromatic rings. The van der Waals surface area contributed by atoms with Gasteiger partial charge in [0.05, 0.1) is 0 Å². The Hall–Kier alpha value is -1.00. The minimum absolute atomic E-state index is 0.461. The van der Waals surface area contributed by atoms with Gasteiger partial charge in [-0.15, -0.1) is 0 Å². The van der Waals surface area contributed by atoms with E-state index >= 15 is 0 Å². The van der Waals surface area contributed by atoms with Gasteiger partial charge in [-0.2, -0.15) is 0 Å². The van der Waals surface area contributed by atoms with Crippen LogP contribution in [0, 0.1) is 17.6 Å². The molecule has 1 unspecified atom stereocenters. The second-order valence-corrected chi connectivity index (χ2v) is 4.23. The van der Waals surface area contributed by atoms with Crippen LogP contribution in [0.25, 0.3) is 0 Å². The molecule has 2 nitrogen and oxygen atoms in total. The van der Waals surface area contributed by atoms with E-state index in [1.54, 1.807) is 0 Å². The van der Waals surface area contributed by atoms with Gasteiger partial charge in [-0.05, 0) is 38.0 Å². The molecule has 1 heterocycles. The summed E-state index contributed by atoms with van der Waals surface area (Å²) in [5.74, 6) is -0.373. The molecular weight excluding hydrogens is 210 g/mol. The highest BCUT2D eigenvalue weighted by Crippen LogP contribution is 2.10. The minimum atomic E-state index is -0.527. The van der Waals surface area contributed by atoms with Gasteiger partial charge in [0.1, 0.15) is 11.6 Å². The lowest BCUT2D eigenvalue weighted by Crippen LogP contribution is -2.24. The molecule has 0 radical (unpaired) electrons. The van der Waals surface area contributed by atoms with Crippen LogP contribution in [-0.4, -0.2) is 19.6 Å². The van der Waals surface area contributed by atoms with Gasteiger partial charge < -0.3 is 10.6 Å². The maximum Gasteiger partial charge on any atom is 0.130 e. The summed E-state index contributed by atoms with van der Waals surface area (Å²) in [5, 5.41) is 6.48. The van der Waals surface area contributed by atoms with E-state index in [1.165, 1.54) is 18.6 Å². The third-order valence-electron chi connectivity index (χ3n) is 2.93. The van der Waals surface area contributed by atoms with Crippen LogP contribution < -0.4 is 10.6 Å². The highest BCUT2D eigenvalue weighted by molar-refractivity contribution is 5.18. The van der Waals surface area contributed by atoms with E-state index in [9.17, 15) is 8.78 Å². The first-order valence-electron chi connectivity index (χ1n) is 5.61. The summed E-state index contributed by atoms with van der Waals surface area (Å²) in [6.45, 7) is 3.43. The number of rotatable bonds is 4. The molecule has 0 aromatic heterocycles. The Bertz CT molecular complexity index is 349. The van der Waals surface area contributed by atoms with Gasteiger partial charge in [0.25, 0.3) is 0 Å². The average Bonchev–Trinajstić information content (AvgIpc) is 2.74. The number of benzene rings is 1. The summed E-state index contributed by atoms with van der Waals surface area (Å²) in [6, 6.07) is 3.70. The lowest BCUT2D eigenvalue weighted by Gasteiger charge is -2.10. The van der Waals surface area contributed by atoms with E-state index in [0.29, 0.717) is 18.0 Å². The van der Waals surface area contributed by atoms with Crippen molar-refractivity contribution < 1.29 is 8.78 Å². The molecule has 2 N–H and O–H groups in total. The lowest BCUT2D eigenvalue weighted by molar-refractivity contribution is 0.501. The predicted octanol–water partition coefficient (Wildman–Crippen LogP) is 1.66. The quantitative estimate of drug-likeness (QED) is 0.816. The van der Waals surface area contributed by atoms with E-state index in [-0.39, 0.29) is 0 Å². The molecule has 0 amide bonds. The lowest BCUT2D eigenvalue weighted by atomic mass is 10.1. The normalized spacial score (nSPS) is 20.2. The van der Waals surface area contributed by atoms with Gasteiger partial charge >= 0.3 is 0 Å². The van der Waals surface area contributed by atoms with Crippen LogP contribution in [0.3, 0.4) is 0 Å². The monoisotopic (exact) mass is 226 g/mol. The molecule has 1 fully saturated rings. The standard InChI is InChI=1S/C12H16F2N2/c13-11-2-1-10(12(14)5-11)8-16-7-9-3-4-15-6-9/h1-2,5,9,15-16H,3-4,6-8H2. The summed E-state index contributed by atoms with van der Waals surface area (Å²) in [6.07, 6.45) is 1.17. The molecule has 1 atom stereocenters. The third-order valence-corrected chi connectivity index (χ3v) is 2.93. The van der Waals surface area contributed by atoms with Crippen molar-refractivity contribution in [3.63, 3.8) is 0 Å². The van der Waals surface area contributed by atoms with Gasteiger partial charge in [0, 0.05) is 18.2 Å². The average molecular weight is 226 g/mol. The van der Waals surface area contributed by atoms with Crippen LogP contribution in [0.4, 0.5) is 8.78 Å². The SMILES string of the molecule is Fc1ccc(CNCC2CCNC2)c(F)c1. The minimum Gasteiger partial charge on any atom is -0.316 e. The Labute approximate surface area is 94.0 Å². The number of nitrogens with one attached hydrogen (secondary N) is 2. The van der Waals surface area contributed by atoms with Gasteiger partial charge in [0.2, 0.25) is 0 Å². The van der Waals surface area contributed by atoms with Crippen LogP contribution in [-0.2, 0) is 6.54 Å². The van der Waals surface area contributed by atoms with E-state index in [4.69, 9.17) is 0 Å². The van der Waals surface area contributed by atoms with E-state index in [1.807, 2.05) is 0 Å². The predicted molar refractivity (Wildman–Crippen MR) is 59.0 cm³/mol. The zero-order valence-electron chi connectivity index (χ0n) is 9.10. The summed E-state index contributed by atoms with van der Waals surface area (Å²) in [7, 11) is 0. The fraction of sp³-hybridized carbons (Fsp3) is 0.500. The van der Waals surface area contributed by atoms with Crippen molar-refractivity contribution in [2.75, 3.05) is 19.6 Å². The highest BCUT2D eigenvalue weighted by atomic mass is 19.1. The smallest absolute Gasteiger partial charge is 0.130 e. The third kappa shape index (κ3) is 3.00. The van der Waals surface area contributed by atoms with E-state index in [0.717, 1.165) is 25.7 Å². The molecule has 1 aliphatic heterocycles. The van der Waals surface area contributed by atoms with Crippen LogP contribution >= 0.6 is 0 Å². The fourth-order valence-corrected chi connectivity index (χ4v) is 1.96. The maximum absolute atomic E-state index is 13.3. The van der Waals surface area contributed by atoms with Gasteiger partial charge in [-0.25, -0.2) is 8.78 Å². The van der Waals surface area contributed by atoms with Crippen molar-refractivity contribution in [2.45, 2.75) is 13.0 Å². The van der Waals surface area contributed by atoms with Gasteiger partial charge in [0.15, 0.2) is 0 Å². The summed E-state index contributed by atoms with van der Waals surface area (Å²) < 4.78 is 25.9. The number of hydrogen-bond donors (Lipinski definition) is 2. The largest absolute Gasteiger partial charge is 0.316 e. The summed E-state index contributed by atoms with van der Waals surface area (Å²) in [4.78, 5) is 0. The Balaban J connectivity index is 1.80. The molecule has 1 aromatic carbocycles. The molecule has 0 aliphatic carbocycles. The van der Waals surface area contributed by atoms with Crippen LogP contribution in [0.15, 0.2) is 18.2 Å². The first-order chi connectivity index (χ1) is 7.75. The van der Waals surface area contributed by atoms with Crippen molar-refractivity contribution in [3.8, 4) is 0 Å². The van der Waals surface area contributed by atoms with Crippen molar-refractivity contribution >= 4 is 0 Å². The first-order valence-corrected chi connectivity index (χ1v) is 5.61. The van der Waals surface area contributed by atoms with E-state index < -0.39 is 11.6 Å². The molecular formula is C12H16F2N2. The summed E-state index contributed by atoms with van der Waals surface area (Å²) >= 11 is 0. The molecule has 4 heteroatoms. The first kappa shape index (κ1) is 11.5. The number of halogens is 2. The zero-order chi connectivity index (χ0) is 11.4. The molecule has 88 valence electrons. The Kier molecular flexibility index (Phi) is 3.85. The zero-order valence-corrected chi connectivity index (χ0v) is 9.10. The number of hydrogen-bond acceptors (Lipinski definition) is 2. The Morgan fingerprint density at radius 3 is 2.94 bits per heavy atom. The molecule has 0 spiro atoms. The van der Waals surface area contributed by atoms with E-state index in [2.05, 4.69) is 10.6 Å². The topological polar surface area (TPSA) is 24.1 Å². The van der Waals surface area contributed by atoms with Gasteiger partial charge in [-0.3, -0.25) is 0 Å². The summed E-state index contributed by atoms with van der Waals surface area (Å²) in [5.41, 5.74) is 0.521. The Morgan fingerprint density at radius 2 is 2.25 bits per heavy atom. The van der Waals surface area contributed by atoms with Crippen LogP contribution in [0.1, 0.15) is 12.0 Å². The van der Waals surface area contributed by atoms with Crippen molar-refractivity contribution in [2.24, 2.45) is 5.92 Å². The molecule has 2 rings (SSSR count). The Morgan fingerprint density at radius 1 is 1.38 bits per heavy atom. The molecule has 0 bridgehead atoms. The van der Waals surface area contributed by atoms with Crippen LogP contribution in [0.5, 0.6) is 0 Å². The molecule has 1 saturated heterocycles. The fourth-order valence-electron chi connectivity index (χ4n) is 1.96. The van der Waals surface area contributed by atoms with Crippen molar-refractivity contribution in [3.05, 3.63) is 35.4 Å². The van der Waals surface area contributed by atoms with Crippen molar-refractivity contribution in [1.29, 1.82) is 0 Å². The molecule has 1 aliphatic rings. The highest BCUT2D eigenvalue weighted by Gasteiger charge is 2.13. The van der Waals surface area contributed by atoms with Crippen molar-refractivity contribution in [1.82, 2.24) is 10.6 Å². The van der Waals surface area contributed by atoms with Crippen LogP contribution in [0.2, 0.25) is 0 Å².